The first-order chi connectivity index (χ1) is 4.70. The van der Waals surface area contributed by atoms with Crippen LogP contribution >= 0.6 is 11.9 Å². The Balaban J connectivity index is 3.83. The lowest BCUT2D eigenvalue weighted by molar-refractivity contribution is 0.651. The number of nitrogens with two attached hydrogens (primary N) is 1. The highest BCUT2D eigenvalue weighted by Gasteiger charge is 1.95. The van der Waals surface area contributed by atoms with Crippen LogP contribution in [-0.2, 0) is 0 Å². The van der Waals surface area contributed by atoms with Gasteiger partial charge in [-0.3, -0.25) is 5.14 Å². The molecule has 0 rings (SSSR count). The molecule has 0 fully saturated rings. The molecule has 0 aliphatic rings. The van der Waals surface area contributed by atoms with Crippen molar-refractivity contribution in [2.24, 2.45) is 11.1 Å². The van der Waals surface area contributed by atoms with Crippen LogP contribution in [0, 0.1) is 5.92 Å². The summed E-state index contributed by atoms with van der Waals surface area (Å²) in [6.45, 7) is 8.05. The molecule has 0 spiro atoms. The van der Waals surface area contributed by atoms with Gasteiger partial charge in [0.2, 0.25) is 0 Å². The molecule has 2 N–H and O–H groups in total. The maximum atomic E-state index is 5.27. The molecule has 0 bridgehead atoms. The van der Waals surface area contributed by atoms with Gasteiger partial charge in [0.15, 0.2) is 0 Å². The van der Waals surface area contributed by atoms with Gasteiger partial charge < -0.3 is 0 Å². The van der Waals surface area contributed by atoms with Crippen molar-refractivity contribution >= 4 is 11.9 Å². The van der Waals surface area contributed by atoms with Crippen molar-refractivity contribution in [3.63, 3.8) is 0 Å². The highest BCUT2D eigenvalue weighted by Crippen LogP contribution is 2.13. The van der Waals surface area contributed by atoms with E-state index in [4.69, 9.17) is 5.14 Å². The van der Waals surface area contributed by atoms with Crippen molar-refractivity contribution in [1.82, 2.24) is 0 Å². The minimum absolute atomic E-state index is 0.677. The van der Waals surface area contributed by atoms with Crippen molar-refractivity contribution < 1.29 is 0 Å². The SMILES string of the molecule is C=C/C(=C\SN)CC(C)C. The second-order valence-electron chi connectivity index (χ2n) is 2.63. The van der Waals surface area contributed by atoms with E-state index in [0.717, 1.165) is 6.42 Å². The fraction of sp³-hybridized carbons (Fsp3) is 0.500. The molecule has 0 saturated heterocycles. The van der Waals surface area contributed by atoms with E-state index in [1.165, 1.54) is 17.5 Å². The quantitative estimate of drug-likeness (QED) is 0.501. The van der Waals surface area contributed by atoms with Gasteiger partial charge in [0.25, 0.3) is 0 Å². The summed E-state index contributed by atoms with van der Waals surface area (Å²) in [4.78, 5) is 0. The highest BCUT2D eigenvalue weighted by atomic mass is 32.2. The fourth-order valence-corrected chi connectivity index (χ4v) is 1.11. The second-order valence-corrected chi connectivity index (χ2v) is 3.14. The number of hydrogen-bond donors (Lipinski definition) is 1. The third-order valence-corrected chi connectivity index (χ3v) is 1.56. The van der Waals surface area contributed by atoms with Gasteiger partial charge in [-0.05, 0) is 23.3 Å². The Morgan fingerprint density at radius 3 is 2.60 bits per heavy atom. The average molecular weight is 157 g/mol. The maximum Gasteiger partial charge on any atom is -0.0106 e. The Labute approximate surface area is 67.5 Å². The van der Waals surface area contributed by atoms with E-state index in [1.54, 1.807) is 0 Å². The van der Waals surface area contributed by atoms with Crippen molar-refractivity contribution in [3.8, 4) is 0 Å². The van der Waals surface area contributed by atoms with E-state index in [-0.39, 0.29) is 0 Å². The summed E-state index contributed by atoms with van der Waals surface area (Å²) < 4.78 is 0. The van der Waals surface area contributed by atoms with Gasteiger partial charge >= 0.3 is 0 Å². The van der Waals surface area contributed by atoms with Gasteiger partial charge in [-0.1, -0.05) is 38.5 Å². The fourth-order valence-electron chi connectivity index (χ4n) is 0.738. The molecular weight excluding hydrogens is 142 g/mol. The Hall–Kier alpha value is -0.210. The molecular formula is C8H15NS. The first-order valence-electron chi connectivity index (χ1n) is 3.37. The van der Waals surface area contributed by atoms with E-state index in [2.05, 4.69) is 20.4 Å². The molecule has 58 valence electrons. The molecule has 0 atom stereocenters. The summed E-state index contributed by atoms with van der Waals surface area (Å²) in [6, 6.07) is 0. The highest BCUT2D eigenvalue weighted by molar-refractivity contribution is 8.00. The van der Waals surface area contributed by atoms with Crippen LogP contribution in [0.25, 0.3) is 0 Å². The summed E-state index contributed by atoms with van der Waals surface area (Å²) in [7, 11) is 0. The van der Waals surface area contributed by atoms with E-state index >= 15 is 0 Å². The predicted molar refractivity (Wildman–Crippen MR) is 49.5 cm³/mol. The van der Waals surface area contributed by atoms with Gasteiger partial charge in [-0.15, -0.1) is 0 Å². The summed E-state index contributed by atoms with van der Waals surface area (Å²) in [6.07, 6.45) is 2.92. The molecule has 0 aliphatic carbocycles. The van der Waals surface area contributed by atoms with Crippen molar-refractivity contribution in [1.29, 1.82) is 0 Å². The van der Waals surface area contributed by atoms with E-state index in [9.17, 15) is 0 Å². The van der Waals surface area contributed by atoms with Crippen LogP contribution in [0.1, 0.15) is 20.3 Å². The van der Waals surface area contributed by atoms with Crippen LogP contribution < -0.4 is 5.14 Å². The zero-order valence-corrected chi connectivity index (χ0v) is 7.45. The van der Waals surface area contributed by atoms with Gasteiger partial charge in [0.1, 0.15) is 0 Å². The van der Waals surface area contributed by atoms with E-state index in [1.807, 2.05) is 11.5 Å². The minimum atomic E-state index is 0.677. The molecule has 0 heterocycles. The monoisotopic (exact) mass is 157 g/mol. The van der Waals surface area contributed by atoms with Crippen LogP contribution in [0.2, 0.25) is 0 Å². The normalized spacial score (nSPS) is 12.2. The summed E-state index contributed by atoms with van der Waals surface area (Å²) >= 11 is 1.24. The molecule has 0 unspecified atom stereocenters. The lowest BCUT2D eigenvalue weighted by Crippen LogP contribution is -1.88. The Morgan fingerprint density at radius 2 is 2.30 bits per heavy atom. The van der Waals surface area contributed by atoms with Gasteiger partial charge in [0, 0.05) is 0 Å². The van der Waals surface area contributed by atoms with Crippen LogP contribution in [-0.4, -0.2) is 0 Å². The second kappa shape index (κ2) is 5.57. The largest absolute Gasteiger partial charge is 0.274 e. The molecule has 1 nitrogen and oxygen atoms in total. The molecule has 2 heteroatoms. The molecule has 0 radical (unpaired) electrons. The van der Waals surface area contributed by atoms with Gasteiger partial charge in [-0.25, -0.2) is 0 Å². The molecule has 0 aromatic heterocycles. The molecule has 0 amide bonds. The van der Waals surface area contributed by atoms with Gasteiger partial charge in [-0.2, -0.15) is 0 Å². The van der Waals surface area contributed by atoms with Crippen LogP contribution in [0.15, 0.2) is 23.6 Å². The summed E-state index contributed by atoms with van der Waals surface area (Å²) in [5.41, 5.74) is 1.22. The number of hydrogen-bond acceptors (Lipinski definition) is 2. The lowest BCUT2D eigenvalue weighted by atomic mass is 10.1. The molecule has 0 aromatic rings. The molecule has 10 heavy (non-hydrogen) atoms. The Morgan fingerprint density at radius 1 is 1.70 bits per heavy atom. The lowest BCUT2D eigenvalue weighted by Gasteiger charge is -2.03. The summed E-state index contributed by atoms with van der Waals surface area (Å²) in [5, 5.41) is 7.21. The zero-order valence-electron chi connectivity index (χ0n) is 6.63. The molecule has 0 saturated carbocycles. The predicted octanol–water partition coefficient (Wildman–Crippen LogP) is 2.71. The van der Waals surface area contributed by atoms with Crippen LogP contribution in [0.5, 0.6) is 0 Å². The molecule has 0 aromatic carbocycles. The first-order valence-corrected chi connectivity index (χ1v) is 4.32. The average Bonchev–Trinajstić information content (AvgIpc) is 1.86. The Bertz CT molecular complexity index is 127. The van der Waals surface area contributed by atoms with Crippen molar-refractivity contribution in [2.75, 3.05) is 0 Å². The number of rotatable bonds is 4. The zero-order chi connectivity index (χ0) is 7.98. The third-order valence-electron chi connectivity index (χ3n) is 1.13. The van der Waals surface area contributed by atoms with Crippen LogP contribution in [0.4, 0.5) is 0 Å². The minimum Gasteiger partial charge on any atom is -0.274 e. The van der Waals surface area contributed by atoms with Crippen LogP contribution in [0.3, 0.4) is 0 Å². The van der Waals surface area contributed by atoms with Crippen molar-refractivity contribution in [2.45, 2.75) is 20.3 Å². The van der Waals surface area contributed by atoms with Crippen molar-refractivity contribution in [3.05, 3.63) is 23.6 Å². The number of allylic oxidation sites excluding steroid dienone is 2. The smallest absolute Gasteiger partial charge is 0.0106 e. The maximum absolute atomic E-state index is 5.27. The third kappa shape index (κ3) is 4.65. The molecule has 0 aliphatic heterocycles. The Kier molecular flexibility index (Phi) is 5.45. The van der Waals surface area contributed by atoms with E-state index < -0.39 is 0 Å². The topological polar surface area (TPSA) is 26.0 Å². The standard InChI is InChI=1S/C8H15NS/c1-4-8(6-10-9)5-7(2)3/h4,6-7H,1,5,9H2,2-3H3/b8-6+. The first kappa shape index (κ1) is 9.79. The summed E-state index contributed by atoms with van der Waals surface area (Å²) in [5.74, 6) is 0.677. The van der Waals surface area contributed by atoms with Gasteiger partial charge in [0.05, 0.1) is 0 Å². The van der Waals surface area contributed by atoms with E-state index in [0.29, 0.717) is 5.92 Å².